The first-order chi connectivity index (χ1) is 15.5. The van der Waals surface area contributed by atoms with Crippen molar-refractivity contribution in [2.24, 2.45) is 4.99 Å². The lowest BCUT2D eigenvalue weighted by Gasteiger charge is -2.33. The van der Waals surface area contributed by atoms with Crippen molar-refractivity contribution in [1.82, 2.24) is 20.1 Å². The quantitative estimate of drug-likeness (QED) is 0.299. The van der Waals surface area contributed by atoms with Gasteiger partial charge in [-0.25, -0.2) is 4.98 Å². The number of piperazine rings is 1. The van der Waals surface area contributed by atoms with Gasteiger partial charge >= 0.3 is 0 Å². The van der Waals surface area contributed by atoms with Gasteiger partial charge in [0.2, 0.25) is 0 Å². The fraction of sp³-hybridized carbons (Fsp3) is 0.500. The third-order valence-corrected chi connectivity index (χ3v) is 5.85. The summed E-state index contributed by atoms with van der Waals surface area (Å²) in [5.41, 5.74) is 2.39. The molecule has 0 spiro atoms. The smallest absolute Gasteiger partial charge is 0.193 e. The number of hydrogen-bond donors (Lipinski definition) is 1. The summed E-state index contributed by atoms with van der Waals surface area (Å²) in [5.74, 6) is 3.41. The van der Waals surface area contributed by atoms with Gasteiger partial charge in [0.25, 0.3) is 0 Å². The lowest BCUT2D eigenvalue weighted by Crippen LogP contribution is -2.44. The van der Waals surface area contributed by atoms with Gasteiger partial charge in [0.15, 0.2) is 17.5 Å². The molecule has 1 fully saturated rings. The normalized spacial score (nSPS) is 14.5. The molecule has 0 amide bonds. The molecular weight excluding hydrogens is 531 g/mol. The van der Waals surface area contributed by atoms with Crippen molar-refractivity contribution in [3.05, 3.63) is 47.7 Å². The van der Waals surface area contributed by atoms with Crippen LogP contribution in [0.5, 0.6) is 11.5 Å². The number of rotatable bonds is 8. The van der Waals surface area contributed by atoms with Crippen LogP contribution in [0.15, 0.2) is 41.5 Å². The molecule has 0 aliphatic carbocycles. The van der Waals surface area contributed by atoms with Crippen LogP contribution in [0.4, 0.5) is 5.82 Å². The van der Waals surface area contributed by atoms with Crippen molar-refractivity contribution in [2.45, 2.75) is 13.0 Å². The Morgan fingerprint density at radius 3 is 2.45 bits per heavy atom. The molecule has 1 aliphatic heterocycles. The fourth-order valence-corrected chi connectivity index (χ4v) is 3.78. The number of aliphatic imine (C=N–C) groups is 1. The van der Waals surface area contributed by atoms with Gasteiger partial charge < -0.3 is 29.5 Å². The van der Waals surface area contributed by atoms with E-state index in [0.717, 1.165) is 62.4 Å². The number of halogens is 1. The predicted molar refractivity (Wildman–Crippen MR) is 145 cm³/mol. The highest BCUT2D eigenvalue weighted by molar-refractivity contribution is 14.0. The summed E-state index contributed by atoms with van der Waals surface area (Å²) in [6.07, 6.45) is 2.77. The van der Waals surface area contributed by atoms with E-state index in [2.05, 4.69) is 62.3 Å². The highest BCUT2D eigenvalue weighted by Gasteiger charge is 2.15. The SMILES string of the molecule is CN=C(NCc1ccnc(N2CCN(C)CC2)c1)N(C)CCc1ccc(OC)c(OC)c1.I. The van der Waals surface area contributed by atoms with E-state index in [9.17, 15) is 0 Å². The van der Waals surface area contributed by atoms with Crippen LogP contribution in [0, 0.1) is 0 Å². The minimum absolute atomic E-state index is 0. The first-order valence-corrected chi connectivity index (χ1v) is 11.0. The Kier molecular flexibility index (Phi) is 11.0. The van der Waals surface area contributed by atoms with Gasteiger partial charge in [-0.15, -0.1) is 24.0 Å². The molecule has 8 nitrogen and oxygen atoms in total. The van der Waals surface area contributed by atoms with Gasteiger partial charge in [-0.2, -0.15) is 0 Å². The van der Waals surface area contributed by atoms with Crippen molar-refractivity contribution in [3.63, 3.8) is 0 Å². The number of nitrogens with zero attached hydrogens (tertiary/aromatic N) is 5. The molecule has 9 heteroatoms. The molecule has 1 saturated heterocycles. The topological polar surface area (TPSA) is 65.5 Å². The van der Waals surface area contributed by atoms with Gasteiger partial charge in [-0.3, -0.25) is 4.99 Å². The lowest BCUT2D eigenvalue weighted by atomic mass is 10.1. The highest BCUT2D eigenvalue weighted by Crippen LogP contribution is 2.27. The van der Waals surface area contributed by atoms with Crippen molar-refractivity contribution < 1.29 is 9.47 Å². The second-order valence-electron chi connectivity index (χ2n) is 8.07. The molecule has 0 atom stereocenters. The van der Waals surface area contributed by atoms with Crippen LogP contribution < -0.4 is 19.7 Å². The summed E-state index contributed by atoms with van der Waals surface area (Å²) < 4.78 is 10.7. The van der Waals surface area contributed by atoms with Crippen molar-refractivity contribution in [3.8, 4) is 11.5 Å². The van der Waals surface area contributed by atoms with E-state index in [4.69, 9.17) is 9.47 Å². The molecule has 1 aromatic carbocycles. The maximum absolute atomic E-state index is 5.41. The lowest BCUT2D eigenvalue weighted by molar-refractivity contribution is 0.312. The number of likely N-dealkylation sites (N-methyl/N-ethyl adjacent to an activating group) is 2. The van der Waals surface area contributed by atoms with E-state index in [1.807, 2.05) is 25.4 Å². The minimum atomic E-state index is 0. The van der Waals surface area contributed by atoms with Crippen molar-refractivity contribution in [1.29, 1.82) is 0 Å². The van der Waals surface area contributed by atoms with Crippen LogP contribution in [0.1, 0.15) is 11.1 Å². The Bertz CT molecular complexity index is 902. The van der Waals surface area contributed by atoms with Crippen LogP contribution in [0.2, 0.25) is 0 Å². The van der Waals surface area contributed by atoms with E-state index in [-0.39, 0.29) is 24.0 Å². The summed E-state index contributed by atoms with van der Waals surface area (Å²) >= 11 is 0. The molecule has 0 saturated carbocycles. The third kappa shape index (κ3) is 7.63. The molecular formula is C24H37IN6O2. The van der Waals surface area contributed by atoms with E-state index in [1.54, 1.807) is 14.2 Å². The number of nitrogens with one attached hydrogen (secondary N) is 1. The minimum Gasteiger partial charge on any atom is -0.493 e. The third-order valence-electron chi connectivity index (χ3n) is 5.85. The van der Waals surface area contributed by atoms with Gasteiger partial charge in [-0.05, 0) is 48.9 Å². The van der Waals surface area contributed by atoms with Gasteiger partial charge in [0.1, 0.15) is 5.82 Å². The zero-order valence-corrected chi connectivity index (χ0v) is 22.7. The Morgan fingerprint density at radius 2 is 1.79 bits per heavy atom. The van der Waals surface area contributed by atoms with E-state index in [1.165, 1.54) is 11.1 Å². The van der Waals surface area contributed by atoms with Crippen LogP contribution in [0.25, 0.3) is 0 Å². The predicted octanol–water partition coefficient (Wildman–Crippen LogP) is 2.72. The zero-order valence-electron chi connectivity index (χ0n) is 20.4. The molecule has 2 heterocycles. The van der Waals surface area contributed by atoms with Crippen LogP contribution in [0.3, 0.4) is 0 Å². The molecule has 182 valence electrons. The fourth-order valence-electron chi connectivity index (χ4n) is 3.78. The highest BCUT2D eigenvalue weighted by atomic mass is 127. The molecule has 0 radical (unpaired) electrons. The van der Waals surface area contributed by atoms with Crippen LogP contribution in [-0.2, 0) is 13.0 Å². The first kappa shape index (κ1) is 27.0. The number of methoxy groups -OCH3 is 2. The molecule has 1 aromatic heterocycles. The standard InChI is InChI=1S/C24H36N6O2.HI/c1-25-24(29(3)11-9-19-6-7-21(31-4)22(16-19)32-5)27-18-20-8-10-26-23(17-20)30-14-12-28(2)13-15-30;/h6-8,10,16-17H,9,11-15,18H2,1-5H3,(H,25,27);1H. The largest absolute Gasteiger partial charge is 0.493 e. The average molecular weight is 569 g/mol. The molecule has 0 bridgehead atoms. The Balaban J connectivity index is 0.00000385. The maximum Gasteiger partial charge on any atom is 0.193 e. The Morgan fingerprint density at radius 1 is 1.06 bits per heavy atom. The summed E-state index contributed by atoms with van der Waals surface area (Å²) in [6, 6.07) is 10.3. The molecule has 1 aliphatic rings. The second-order valence-corrected chi connectivity index (χ2v) is 8.07. The molecule has 1 N–H and O–H groups in total. The van der Waals surface area contributed by atoms with Crippen molar-refractivity contribution in [2.75, 3.05) is 73.0 Å². The molecule has 3 rings (SSSR count). The van der Waals surface area contributed by atoms with E-state index < -0.39 is 0 Å². The molecule has 33 heavy (non-hydrogen) atoms. The Labute approximate surface area is 215 Å². The summed E-state index contributed by atoms with van der Waals surface area (Å²) in [4.78, 5) is 15.9. The summed E-state index contributed by atoms with van der Waals surface area (Å²) in [7, 11) is 9.35. The second kappa shape index (κ2) is 13.4. The summed E-state index contributed by atoms with van der Waals surface area (Å²) in [5, 5.41) is 3.48. The number of hydrogen-bond acceptors (Lipinski definition) is 6. The van der Waals surface area contributed by atoms with Gasteiger partial charge in [-0.1, -0.05) is 6.07 Å². The van der Waals surface area contributed by atoms with Gasteiger partial charge in [0, 0.05) is 59.6 Å². The average Bonchev–Trinajstić information content (AvgIpc) is 2.83. The monoisotopic (exact) mass is 568 g/mol. The van der Waals surface area contributed by atoms with Crippen molar-refractivity contribution >= 4 is 35.8 Å². The molecule has 0 unspecified atom stereocenters. The van der Waals surface area contributed by atoms with Crippen LogP contribution in [-0.4, -0.2) is 88.8 Å². The number of aromatic nitrogens is 1. The van der Waals surface area contributed by atoms with E-state index in [0.29, 0.717) is 6.54 Å². The molecule has 2 aromatic rings. The maximum atomic E-state index is 5.41. The van der Waals surface area contributed by atoms with Gasteiger partial charge in [0.05, 0.1) is 14.2 Å². The number of anilines is 1. The number of guanidine groups is 1. The summed E-state index contributed by atoms with van der Waals surface area (Å²) in [6.45, 7) is 5.71. The number of ether oxygens (including phenoxy) is 2. The zero-order chi connectivity index (χ0) is 22.9. The Hall–Kier alpha value is -2.27. The van der Waals surface area contributed by atoms with E-state index >= 15 is 0 Å². The van der Waals surface area contributed by atoms with Crippen LogP contribution >= 0.6 is 24.0 Å². The number of pyridine rings is 1. The number of benzene rings is 1. The first-order valence-electron chi connectivity index (χ1n) is 11.0.